The maximum absolute atomic E-state index is 13.5. The zero-order valence-electron chi connectivity index (χ0n) is 21.7. The first-order valence-electron chi connectivity index (χ1n) is 12.6. The summed E-state index contributed by atoms with van der Waals surface area (Å²) >= 11 is 6.45. The van der Waals surface area contributed by atoms with Crippen LogP contribution in [0.5, 0.6) is 0 Å². The number of pyridine rings is 1. The number of fused-ring (bicyclic) bond motifs is 2. The van der Waals surface area contributed by atoms with Crippen LogP contribution in [0, 0.1) is 11.3 Å². The van der Waals surface area contributed by atoms with Crippen LogP contribution in [0.4, 0.5) is 0 Å². The van der Waals surface area contributed by atoms with Crippen LogP contribution in [0.3, 0.4) is 0 Å². The lowest BCUT2D eigenvalue weighted by molar-refractivity contribution is 0.0709. The number of amides is 1. The monoisotopic (exact) mass is 544 g/mol. The molecule has 10 heteroatoms. The fourth-order valence-electron chi connectivity index (χ4n) is 4.75. The summed E-state index contributed by atoms with van der Waals surface area (Å²) < 4.78 is 7.61. The Bertz CT molecular complexity index is 1540. The van der Waals surface area contributed by atoms with E-state index in [-0.39, 0.29) is 11.9 Å². The Morgan fingerprint density at radius 3 is 2.76 bits per heavy atom. The van der Waals surface area contributed by atoms with Crippen molar-refractivity contribution in [2.24, 2.45) is 0 Å². The van der Waals surface area contributed by atoms with E-state index in [0.717, 1.165) is 28.2 Å². The third kappa shape index (κ3) is 5.34. The molecule has 4 aromatic rings. The highest BCUT2D eigenvalue weighted by Gasteiger charge is 2.37. The average Bonchev–Trinajstić information content (AvgIpc) is 3.41. The number of halogens is 1. The molecule has 2 aromatic carbocycles. The molecule has 0 bridgehead atoms. The number of hydrogen-bond acceptors (Lipinski definition) is 6. The summed E-state index contributed by atoms with van der Waals surface area (Å²) in [6, 6.07) is 16.6. The molecule has 194 valence electrons. The Morgan fingerprint density at radius 1 is 1.16 bits per heavy atom. The molecule has 0 radical (unpaired) electrons. The molecule has 1 atom stereocenters. The Labute approximate surface area is 227 Å². The van der Waals surface area contributed by atoms with Gasteiger partial charge in [-0.2, -0.15) is 5.26 Å². The average molecular weight is 545 g/mol. The highest BCUT2D eigenvalue weighted by atomic mass is 35.5. The number of nitriles is 1. The number of rotatable bonds is 9. The molecule has 0 N–H and O–H groups in total. The smallest absolute Gasteiger partial charge is 0.255 e. The van der Waals surface area contributed by atoms with Crippen molar-refractivity contribution in [1.82, 2.24) is 24.9 Å². The van der Waals surface area contributed by atoms with Crippen molar-refractivity contribution in [3.63, 3.8) is 0 Å². The van der Waals surface area contributed by atoms with Crippen LogP contribution in [-0.2, 0) is 24.4 Å². The highest BCUT2D eigenvalue weighted by molar-refractivity contribution is 6.76. The normalized spacial score (nSPS) is 15.2. The highest BCUT2D eigenvalue weighted by Crippen LogP contribution is 2.39. The van der Waals surface area contributed by atoms with Crippen molar-refractivity contribution in [2.45, 2.75) is 51.4 Å². The summed E-state index contributed by atoms with van der Waals surface area (Å²) in [5, 5.41) is 18.7. The lowest BCUT2D eigenvalue weighted by atomic mass is 9.96. The van der Waals surface area contributed by atoms with Crippen LogP contribution in [0.2, 0.25) is 30.7 Å². The van der Waals surface area contributed by atoms with Crippen LogP contribution in [-0.4, -0.2) is 45.5 Å². The van der Waals surface area contributed by atoms with E-state index in [1.54, 1.807) is 4.68 Å². The van der Waals surface area contributed by atoms with Crippen molar-refractivity contribution >= 4 is 36.6 Å². The summed E-state index contributed by atoms with van der Waals surface area (Å²) in [5.74, 6) is -0.0474. The fraction of sp³-hybridized carbons (Fsp3) is 0.321. The molecule has 1 amide bonds. The van der Waals surface area contributed by atoms with Crippen molar-refractivity contribution in [1.29, 1.82) is 5.26 Å². The molecule has 1 aliphatic rings. The Hall–Kier alpha value is -3.58. The number of benzene rings is 2. The number of nitrogens with zero attached hydrogens (tertiary/aromatic N) is 6. The number of carbonyl (C=O) groups excluding carboxylic acids is 1. The first-order valence-corrected chi connectivity index (χ1v) is 16.7. The largest absolute Gasteiger partial charge is 0.359 e. The molecule has 0 fully saturated rings. The van der Waals surface area contributed by atoms with E-state index in [1.165, 1.54) is 12.4 Å². The summed E-state index contributed by atoms with van der Waals surface area (Å²) in [7, 11) is -1.16. The minimum Gasteiger partial charge on any atom is -0.359 e. The third-order valence-corrected chi connectivity index (χ3v) is 8.88. The molecule has 8 nitrogen and oxygen atoms in total. The number of hydrogen-bond donors (Lipinski definition) is 0. The van der Waals surface area contributed by atoms with E-state index in [9.17, 15) is 10.1 Å². The zero-order chi connectivity index (χ0) is 26.9. The summed E-state index contributed by atoms with van der Waals surface area (Å²) in [6.07, 6.45) is 3.47. The van der Waals surface area contributed by atoms with E-state index < -0.39 is 8.07 Å². The second-order valence-electron chi connectivity index (χ2n) is 10.8. The minimum absolute atomic E-state index is 0.0474. The lowest BCUT2D eigenvalue weighted by Gasteiger charge is -2.26. The predicted molar refractivity (Wildman–Crippen MR) is 148 cm³/mol. The van der Waals surface area contributed by atoms with Gasteiger partial charge in [-0.3, -0.25) is 9.78 Å². The molecule has 0 saturated heterocycles. The van der Waals surface area contributed by atoms with Gasteiger partial charge in [0.05, 0.1) is 22.1 Å². The second kappa shape index (κ2) is 10.7. The summed E-state index contributed by atoms with van der Waals surface area (Å²) in [4.78, 5) is 19.4. The molecule has 1 unspecified atom stereocenters. The van der Waals surface area contributed by atoms with Crippen LogP contribution in [0.15, 0.2) is 54.9 Å². The number of carbonyl (C=O) groups is 1. The molecule has 0 spiro atoms. The standard InChI is InChI=1S/C28H29ClN6O2Si/c1-38(2,3)11-10-37-18-35-26-9-8-19(12-25(26)32-33-35)17-34-27(21-6-4-5-7-22(21)28(34)36)13-23-20(14-30)15-31-16-24(23)29/h4-9,12,15-16,27H,10-11,13,17-18H2,1-3H3. The van der Waals surface area contributed by atoms with Crippen LogP contribution in [0.1, 0.15) is 38.7 Å². The van der Waals surface area contributed by atoms with E-state index in [2.05, 4.69) is 41.0 Å². The zero-order valence-corrected chi connectivity index (χ0v) is 23.4. The van der Waals surface area contributed by atoms with Gasteiger partial charge < -0.3 is 9.64 Å². The topological polar surface area (TPSA) is 96.9 Å². The second-order valence-corrected chi connectivity index (χ2v) is 16.8. The first kappa shape index (κ1) is 26.0. The van der Waals surface area contributed by atoms with Crippen molar-refractivity contribution < 1.29 is 9.53 Å². The fourth-order valence-corrected chi connectivity index (χ4v) is 5.74. The van der Waals surface area contributed by atoms with E-state index >= 15 is 0 Å². The molecular weight excluding hydrogens is 516 g/mol. The maximum atomic E-state index is 13.5. The van der Waals surface area contributed by atoms with Gasteiger partial charge in [0.25, 0.3) is 5.91 Å². The quantitative estimate of drug-likeness (QED) is 0.201. The molecule has 3 heterocycles. The van der Waals surface area contributed by atoms with E-state index in [0.29, 0.717) is 48.0 Å². The van der Waals surface area contributed by atoms with Gasteiger partial charge in [-0.15, -0.1) is 5.10 Å². The number of ether oxygens (including phenoxy) is 1. The molecular formula is C28H29ClN6O2Si. The van der Waals surface area contributed by atoms with Crippen LogP contribution < -0.4 is 0 Å². The van der Waals surface area contributed by atoms with Gasteiger partial charge in [0.2, 0.25) is 0 Å². The van der Waals surface area contributed by atoms with E-state index in [4.69, 9.17) is 16.3 Å². The van der Waals surface area contributed by atoms with Crippen LogP contribution in [0.25, 0.3) is 11.0 Å². The third-order valence-electron chi connectivity index (χ3n) is 6.85. The van der Waals surface area contributed by atoms with Gasteiger partial charge in [-0.05, 0) is 47.4 Å². The molecule has 38 heavy (non-hydrogen) atoms. The van der Waals surface area contributed by atoms with Crippen molar-refractivity contribution in [3.8, 4) is 6.07 Å². The molecule has 0 saturated carbocycles. The van der Waals surface area contributed by atoms with Gasteiger partial charge >= 0.3 is 0 Å². The predicted octanol–water partition coefficient (Wildman–Crippen LogP) is 5.60. The molecule has 1 aliphatic heterocycles. The summed E-state index contributed by atoms with van der Waals surface area (Å²) in [6.45, 7) is 8.43. The van der Waals surface area contributed by atoms with Crippen molar-refractivity contribution in [2.75, 3.05) is 6.61 Å². The van der Waals surface area contributed by atoms with Gasteiger partial charge in [-0.1, -0.05) is 60.7 Å². The lowest BCUT2D eigenvalue weighted by Crippen LogP contribution is -2.29. The van der Waals surface area contributed by atoms with Gasteiger partial charge in [0.1, 0.15) is 18.3 Å². The Morgan fingerprint density at radius 2 is 1.97 bits per heavy atom. The Kier molecular flexibility index (Phi) is 7.30. The number of aromatic nitrogens is 4. The SMILES string of the molecule is C[Si](C)(C)CCOCn1nnc2cc(CN3C(=O)c4ccccc4C3Cc3c(Cl)cncc3C#N)ccc21. The van der Waals surface area contributed by atoms with Gasteiger partial charge in [0, 0.05) is 39.2 Å². The maximum Gasteiger partial charge on any atom is 0.255 e. The van der Waals surface area contributed by atoms with E-state index in [1.807, 2.05) is 47.4 Å². The van der Waals surface area contributed by atoms with Crippen LogP contribution >= 0.6 is 11.6 Å². The first-order chi connectivity index (χ1) is 18.2. The molecule has 0 aliphatic carbocycles. The van der Waals surface area contributed by atoms with Gasteiger partial charge in [0.15, 0.2) is 0 Å². The minimum atomic E-state index is -1.16. The van der Waals surface area contributed by atoms with Crippen molar-refractivity contribution in [3.05, 3.63) is 87.7 Å². The van der Waals surface area contributed by atoms with Gasteiger partial charge in [-0.25, -0.2) is 4.68 Å². The molecule has 5 rings (SSSR count). The summed E-state index contributed by atoms with van der Waals surface area (Å²) in [5.41, 5.74) is 5.28. The molecule has 2 aromatic heterocycles. The Balaban J connectivity index is 1.38.